The van der Waals surface area contributed by atoms with E-state index in [1.165, 1.54) is 25.7 Å². The van der Waals surface area contributed by atoms with Crippen LogP contribution in [0.1, 0.15) is 38.5 Å². The Morgan fingerprint density at radius 2 is 2.00 bits per heavy atom. The van der Waals surface area contributed by atoms with Gasteiger partial charge in [-0.1, -0.05) is 12.8 Å². The molecule has 0 unspecified atom stereocenters. The van der Waals surface area contributed by atoms with Crippen LogP contribution in [0.4, 0.5) is 5.82 Å². The lowest BCUT2D eigenvalue weighted by Crippen LogP contribution is -2.17. The zero-order valence-corrected chi connectivity index (χ0v) is 10.4. The first-order valence-electron chi connectivity index (χ1n) is 6.59. The molecule has 1 aliphatic rings. The Labute approximate surface area is 106 Å². The van der Waals surface area contributed by atoms with Crippen LogP contribution in [0.25, 0.3) is 5.65 Å². The smallest absolute Gasteiger partial charge is 0.260 e. The molecule has 0 aromatic carbocycles. The van der Waals surface area contributed by atoms with Gasteiger partial charge in [-0.3, -0.25) is 4.40 Å². The van der Waals surface area contributed by atoms with Crippen LogP contribution in [0.2, 0.25) is 0 Å². The minimum absolute atomic E-state index is 0.252. The standard InChI is InChI=1S/C13H18N4O/c14-11-9-17-8-7-15-12(17)13(16-11)18-10-5-3-1-2-4-6-10/h7-10H,1-6,14H2. The Hall–Kier alpha value is -1.78. The molecule has 0 aliphatic heterocycles. The quantitative estimate of drug-likeness (QED) is 0.826. The number of nitrogens with zero attached hydrogens (tertiary/aromatic N) is 3. The van der Waals surface area contributed by atoms with Crippen molar-refractivity contribution in [2.75, 3.05) is 5.73 Å². The topological polar surface area (TPSA) is 65.4 Å². The van der Waals surface area contributed by atoms with E-state index in [1.807, 2.05) is 10.6 Å². The fourth-order valence-electron chi connectivity index (χ4n) is 2.52. The average Bonchev–Trinajstić information content (AvgIpc) is 2.66. The van der Waals surface area contributed by atoms with Crippen molar-refractivity contribution < 1.29 is 4.74 Å². The molecular weight excluding hydrogens is 228 g/mol. The minimum atomic E-state index is 0.252. The Morgan fingerprint density at radius 1 is 1.22 bits per heavy atom. The van der Waals surface area contributed by atoms with Gasteiger partial charge < -0.3 is 10.5 Å². The molecule has 96 valence electrons. The monoisotopic (exact) mass is 246 g/mol. The molecule has 2 aromatic rings. The number of ether oxygens (including phenoxy) is 1. The first-order valence-corrected chi connectivity index (χ1v) is 6.59. The predicted octanol–water partition coefficient (Wildman–Crippen LogP) is 2.41. The zero-order valence-electron chi connectivity index (χ0n) is 10.4. The summed E-state index contributed by atoms with van der Waals surface area (Å²) in [6, 6.07) is 0. The molecule has 0 amide bonds. The predicted molar refractivity (Wildman–Crippen MR) is 69.5 cm³/mol. The molecule has 5 nitrogen and oxygen atoms in total. The molecule has 5 heteroatoms. The maximum atomic E-state index is 6.01. The summed E-state index contributed by atoms with van der Waals surface area (Å²) in [5.74, 6) is 1.02. The lowest BCUT2D eigenvalue weighted by Gasteiger charge is -2.16. The lowest BCUT2D eigenvalue weighted by atomic mass is 10.1. The molecule has 18 heavy (non-hydrogen) atoms. The van der Waals surface area contributed by atoms with Crippen LogP contribution in [0.15, 0.2) is 18.6 Å². The van der Waals surface area contributed by atoms with E-state index in [0.717, 1.165) is 18.5 Å². The van der Waals surface area contributed by atoms with E-state index in [1.54, 1.807) is 12.4 Å². The van der Waals surface area contributed by atoms with Crippen LogP contribution >= 0.6 is 0 Å². The summed E-state index contributed by atoms with van der Waals surface area (Å²) in [5, 5.41) is 0. The van der Waals surface area contributed by atoms with Crippen molar-refractivity contribution in [1.29, 1.82) is 0 Å². The van der Waals surface area contributed by atoms with Crippen molar-refractivity contribution in [2.24, 2.45) is 0 Å². The lowest BCUT2D eigenvalue weighted by molar-refractivity contribution is 0.178. The highest BCUT2D eigenvalue weighted by Gasteiger charge is 2.17. The first kappa shape index (κ1) is 11.3. The van der Waals surface area contributed by atoms with E-state index in [4.69, 9.17) is 10.5 Å². The average molecular weight is 246 g/mol. The fourth-order valence-corrected chi connectivity index (χ4v) is 2.52. The van der Waals surface area contributed by atoms with E-state index in [-0.39, 0.29) is 6.10 Å². The fraction of sp³-hybridized carbons (Fsp3) is 0.538. The number of hydrogen-bond donors (Lipinski definition) is 1. The molecule has 0 saturated heterocycles. The highest BCUT2D eigenvalue weighted by atomic mass is 16.5. The van der Waals surface area contributed by atoms with Gasteiger partial charge in [0.15, 0.2) is 0 Å². The Kier molecular flexibility index (Phi) is 3.04. The second-order valence-corrected chi connectivity index (χ2v) is 4.86. The number of rotatable bonds is 2. The molecular formula is C13H18N4O. The van der Waals surface area contributed by atoms with Crippen LogP contribution in [0.3, 0.4) is 0 Å². The number of fused-ring (bicyclic) bond motifs is 1. The van der Waals surface area contributed by atoms with Crippen molar-refractivity contribution in [3.8, 4) is 5.88 Å². The van der Waals surface area contributed by atoms with E-state index in [2.05, 4.69) is 9.97 Å². The van der Waals surface area contributed by atoms with Crippen molar-refractivity contribution in [3.63, 3.8) is 0 Å². The summed E-state index contributed by atoms with van der Waals surface area (Å²) in [6.45, 7) is 0. The molecule has 1 saturated carbocycles. The molecule has 0 bridgehead atoms. The third kappa shape index (κ3) is 2.25. The summed E-state index contributed by atoms with van der Waals surface area (Å²) in [5.41, 5.74) is 6.52. The second kappa shape index (κ2) is 4.84. The van der Waals surface area contributed by atoms with Crippen molar-refractivity contribution in [2.45, 2.75) is 44.6 Å². The summed E-state index contributed by atoms with van der Waals surface area (Å²) in [6.07, 6.45) is 12.9. The third-order valence-electron chi connectivity index (χ3n) is 3.44. The van der Waals surface area contributed by atoms with Crippen molar-refractivity contribution in [3.05, 3.63) is 18.6 Å². The van der Waals surface area contributed by atoms with Gasteiger partial charge in [0, 0.05) is 12.4 Å². The highest BCUT2D eigenvalue weighted by molar-refractivity contribution is 5.52. The normalized spacial score (nSPS) is 17.8. The summed E-state index contributed by atoms with van der Waals surface area (Å²) >= 11 is 0. The van der Waals surface area contributed by atoms with E-state index >= 15 is 0 Å². The van der Waals surface area contributed by atoms with E-state index in [9.17, 15) is 0 Å². The molecule has 3 rings (SSSR count). The third-order valence-corrected chi connectivity index (χ3v) is 3.44. The molecule has 2 aromatic heterocycles. The molecule has 0 radical (unpaired) electrons. The maximum Gasteiger partial charge on any atom is 0.260 e. The van der Waals surface area contributed by atoms with Crippen LogP contribution in [-0.4, -0.2) is 20.5 Å². The maximum absolute atomic E-state index is 6.01. The number of anilines is 1. The van der Waals surface area contributed by atoms with Gasteiger partial charge in [-0.2, -0.15) is 4.98 Å². The molecule has 1 fully saturated rings. The summed E-state index contributed by atoms with van der Waals surface area (Å²) in [7, 11) is 0. The molecule has 1 aliphatic carbocycles. The Bertz CT molecular complexity index is 529. The minimum Gasteiger partial charge on any atom is -0.472 e. The molecule has 2 heterocycles. The largest absolute Gasteiger partial charge is 0.472 e. The SMILES string of the molecule is Nc1cn2ccnc2c(OC2CCCCCC2)n1. The number of nitrogens with two attached hydrogens (primary N) is 1. The Morgan fingerprint density at radius 3 is 2.78 bits per heavy atom. The van der Waals surface area contributed by atoms with Crippen LogP contribution in [0.5, 0.6) is 5.88 Å². The van der Waals surface area contributed by atoms with Gasteiger partial charge >= 0.3 is 0 Å². The number of aromatic nitrogens is 3. The summed E-state index contributed by atoms with van der Waals surface area (Å²) < 4.78 is 7.87. The first-order chi connectivity index (χ1) is 8.83. The van der Waals surface area contributed by atoms with Gasteiger partial charge in [0.1, 0.15) is 11.9 Å². The van der Waals surface area contributed by atoms with Crippen molar-refractivity contribution in [1.82, 2.24) is 14.4 Å². The van der Waals surface area contributed by atoms with Gasteiger partial charge in [0.2, 0.25) is 5.65 Å². The number of hydrogen-bond acceptors (Lipinski definition) is 4. The highest BCUT2D eigenvalue weighted by Crippen LogP contribution is 2.24. The Balaban J connectivity index is 1.86. The number of imidazole rings is 1. The zero-order chi connectivity index (χ0) is 12.4. The number of nitrogen functional groups attached to an aromatic ring is 1. The van der Waals surface area contributed by atoms with Gasteiger partial charge in [-0.05, 0) is 25.7 Å². The van der Waals surface area contributed by atoms with Gasteiger partial charge in [0.25, 0.3) is 5.88 Å². The molecule has 0 atom stereocenters. The summed E-state index contributed by atoms with van der Waals surface area (Å²) in [4.78, 5) is 8.54. The van der Waals surface area contributed by atoms with Gasteiger partial charge in [0.05, 0.1) is 6.20 Å². The van der Waals surface area contributed by atoms with Gasteiger partial charge in [-0.15, -0.1) is 0 Å². The molecule has 0 spiro atoms. The van der Waals surface area contributed by atoms with E-state index < -0.39 is 0 Å². The van der Waals surface area contributed by atoms with Gasteiger partial charge in [-0.25, -0.2) is 4.98 Å². The van der Waals surface area contributed by atoms with Crippen LogP contribution in [-0.2, 0) is 0 Å². The second-order valence-electron chi connectivity index (χ2n) is 4.86. The van der Waals surface area contributed by atoms with E-state index in [0.29, 0.717) is 11.7 Å². The molecule has 2 N–H and O–H groups in total. The van der Waals surface area contributed by atoms with Crippen LogP contribution < -0.4 is 10.5 Å². The van der Waals surface area contributed by atoms with Crippen molar-refractivity contribution >= 4 is 11.5 Å². The van der Waals surface area contributed by atoms with Crippen LogP contribution in [0, 0.1) is 0 Å².